The molecule has 0 atom stereocenters. The van der Waals surface area contributed by atoms with Gasteiger partial charge in [0.15, 0.2) is 0 Å². The second kappa shape index (κ2) is 9.60. The molecule has 0 aromatic carbocycles. The number of hydrogen-bond acceptors (Lipinski definition) is 3. The minimum absolute atomic E-state index is 0.267. The maximum absolute atomic E-state index is 7.23. The highest BCUT2D eigenvalue weighted by atomic mass is 16.5. The van der Waals surface area contributed by atoms with E-state index in [1.54, 1.807) is 0 Å². The zero-order chi connectivity index (χ0) is 12.4. The molecule has 0 aliphatic rings. The molecule has 16 heavy (non-hydrogen) atoms. The van der Waals surface area contributed by atoms with E-state index in [4.69, 9.17) is 15.9 Å². The third-order valence-electron chi connectivity index (χ3n) is 2.22. The van der Waals surface area contributed by atoms with Crippen LogP contribution in [0.2, 0.25) is 0 Å². The average Bonchev–Trinajstić information content (AvgIpc) is 2.19. The largest absolute Gasteiger partial charge is 0.388 e. The lowest BCUT2D eigenvalue weighted by atomic mass is 10.2. The van der Waals surface area contributed by atoms with Crippen LogP contribution in [0.3, 0.4) is 0 Å². The van der Waals surface area contributed by atoms with Gasteiger partial charge in [0.1, 0.15) is 0 Å². The molecule has 0 saturated carbocycles. The molecular formula is C12H27N3O. The number of amidine groups is 1. The van der Waals surface area contributed by atoms with Gasteiger partial charge in [-0.2, -0.15) is 0 Å². The normalized spacial score (nSPS) is 11.3. The van der Waals surface area contributed by atoms with E-state index in [0.717, 1.165) is 39.3 Å². The number of hydrogen-bond donors (Lipinski definition) is 2. The molecule has 0 bridgehead atoms. The Balaban J connectivity index is 3.76. The highest BCUT2D eigenvalue weighted by molar-refractivity contribution is 5.76. The van der Waals surface area contributed by atoms with Crippen molar-refractivity contribution >= 4 is 5.84 Å². The smallest absolute Gasteiger partial charge is 0.0918 e. The predicted molar refractivity (Wildman–Crippen MR) is 68.9 cm³/mol. The maximum atomic E-state index is 7.23. The molecule has 0 fully saturated rings. The fourth-order valence-corrected chi connectivity index (χ4v) is 1.53. The number of nitrogens with zero attached hydrogens (tertiary/aromatic N) is 1. The van der Waals surface area contributed by atoms with Crippen molar-refractivity contribution in [1.82, 2.24) is 4.90 Å². The molecular weight excluding hydrogens is 202 g/mol. The minimum atomic E-state index is 0.267. The van der Waals surface area contributed by atoms with Crippen LogP contribution in [0.15, 0.2) is 0 Å². The van der Waals surface area contributed by atoms with Crippen molar-refractivity contribution in [2.45, 2.75) is 33.6 Å². The second-order valence-corrected chi connectivity index (χ2v) is 4.58. The first-order valence-electron chi connectivity index (χ1n) is 6.19. The summed E-state index contributed by atoms with van der Waals surface area (Å²) in [6.07, 6.45) is 1.72. The van der Waals surface area contributed by atoms with E-state index in [2.05, 4.69) is 25.7 Å². The van der Waals surface area contributed by atoms with Gasteiger partial charge in [-0.25, -0.2) is 0 Å². The number of nitrogens with two attached hydrogens (primary N) is 1. The fourth-order valence-electron chi connectivity index (χ4n) is 1.53. The Morgan fingerprint density at radius 3 is 2.50 bits per heavy atom. The maximum Gasteiger partial charge on any atom is 0.0918 e. The summed E-state index contributed by atoms with van der Waals surface area (Å²) in [4.78, 5) is 2.32. The van der Waals surface area contributed by atoms with E-state index in [0.29, 0.717) is 12.3 Å². The Labute approximate surface area is 99.7 Å². The molecule has 4 nitrogen and oxygen atoms in total. The number of ether oxygens (including phenoxy) is 1. The van der Waals surface area contributed by atoms with Crippen molar-refractivity contribution in [3.8, 4) is 0 Å². The molecule has 0 aliphatic heterocycles. The van der Waals surface area contributed by atoms with Crippen molar-refractivity contribution in [1.29, 1.82) is 5.41 Å². The quantitative estimate of drug-likeness (QED) is 0.340. The van der Waals surface area contributed by atoms with Crippen LogP contribution < -0.4 is 5.73 Å². The highest BCUT2D eigenvalue weighted by Crippen LogP contribution is 2.00. The van der Waals surface area contributed by atoms with Crippen LogP contribution in [0.5, 0.6) is 0 Å². The second-order valence-electron chi connectivity index (χ2n) is 4.58. The molecule has 0 aromatic rings. The zero-order valence-corrected chi connectivity index (χ0v) is 11.0. The van der Waals surface area contributed by atoms with E-state index in [-0.39, 0.29) is 5.84 Å². The van der Waals surface area contributed by atoms with Gasteiger partial charge in [0.05, 0.1) is 12.4 Å². The summed E-state index contributed by atoms with van der Waals surface area (Å²) in [6.45, 7) is 11.0. The van der Waals surface area contributed by atoms with Gasteiger partial charge < -0.3 is 15.4 Å². The summed E-state index contributed by atoms with van der Waals surface area (Å²) < 4.78 is 5.48. The van der Waals surface area contributed by atoms with Gasteiger partial charge in [-0.05, 0) is 12.3 Å². The Bertz CT molecular complexity index is 183. The first kappa shape index (κ1) is 15.4. The molecule has 0 heterocycles. The zero-order valence-electron chi connectivity index (χ0n) is 11.0. The molecule has 0 rings (SSSR count). The van der Waals surface area contributed by atoms with Gasteiger partial charge in [-0.1, -0.05) is 20.8 Å². The van der Waals surface area contributed by atoms with Gasteiger partial charge >= 0.3 is 0 Å². The molecule has 0 radical (unpaired) electrons. The number of rotatable bonds is 10. The van der Waals surface area contributed by atoms with Crippen molar-refractivity contribution in [2.75, 3.05) is 32.8 Å². The summed E-state index contributed by atoms with van der Waals surface area (Å²) >= 11 is 0. The molecule has 0 saturated heterocycles. The first-order valence-corrected chi connectivity index (χ1v) is 6.19. The lowest BCUT2D eigenvalue weighted by molar-refractivity contribution is 0.101. The van der Waals surface area contributed by atoms with E-state index < -0.39 is 0 Å². The first-order chi connectivity index (χ1) is 7.56. The predicted octanol–water partition coefficient (Wildman–Crippen LogP) is 1.70. The standard InChI is InChI=1S/C12H27N3O/c1-4-8-16-9-7-15(10-11(2)3)6-5-12(13)14/h11H,4-10H2,1-3H3,(H3,13,14). The van der Waals surface area contributed by atoms with Crippen molar-refractivity contribution in [3.63, 3.8) is 0 Å². The summed E-state index contributed by atoms with van der Waals surface area (Å²) in [7, 11) is 0. The lowest BCUT2D eigenvalue weighted by Crippen LogP contribution is -2.34. The van der Waals surface area contributed by atoms with Crippen LogP contribution in [0.4, 0.5) is 0 Å². The van der Waals surface area contributed by atoms with Crippen LogP contribution in [0.25, 0.3) is 0 Å². The van der Waals surface area contributed by atoms with Gasteiger partial charge in [0.25, 0.3) is 0 Å². The highest BCUT2D eigenvalue weighted by Gasteiger charge is 2.07. The summed E-state index contributed by atoms with van der Waals surface area (Å²) in [5.74, 6) is 0.904. The van der Waals surface area contributed by atoms with E-state index in [1.807, 2.05) is 0 Å². The van der Waals surface area contributed by atoms with Crippen LogP contribution in [-0.2, 0) is 4.74 Å². The summed E-state index contributed by atoms with van der Waals surface area (Å²) in [6, 6.07) is 0. The third kappa shape index (κ3) is 9.93. The summed E-state index contributed by atoms with van der Waals surface area (Å²) in [5.41, 5.74) is 5.37. The van der Waals surface area contributed by atoms with Crippen LogP contribution in [0.1, 0.15) is 33.6 Å². The van der Waals surface area contributed by atoms with E-state index in [1.165, 1.54) is 0 Å². The lowest BCUT2D eigenvalue weighted by Gasteiger charge is -2.23. The Hall–Kier alpha value is -0.610. The minimum Gasteiger partial charge on any atom is -0.388 e. The van der Waals surface area contributed by atoms with Crippen LogP contribution >= 0.6 is 0 Å². The molecule has 0 aliphatic carbocycles. The van der Waals surface area contributed by atoms with Gasteiger partial charge in [0.2, 0.25) is 0 Å². The molecule has 0 spiro atoms. The van der Waals surface area contributed by atoms with Gasteiger partial charge in [0, 0.05) is 32.7 Å². The fraction of sp³-hybridized carbons (Fsp3) is 0.917. The molecule has 0 aromatic heterocycles. The van der Waals surface area contributed by atoms with Crippen molar-refractivity contribution < 1.29 is 4.74 Å². The third-order valence-corrected chi connectivity index (χ3v) is 2.22. The molecule has 3 N–H and O–H groups in total. The van der Waals surface area contributed by atoms with E-state index >= 15 is 0 Å². The molecule has 4 heteroatoms. The SMILES string of the molecule is CCCOCCN(CCC(=N)N)CC(C)C. The van der Waals surface area contributed by atoms with Crippen molar-refractivity contribution in [3.05, 3.63) is 0 Å². The van der Waals surface area contributed by atoms with Gasteiger partial charge in [-0.3, -0.25) is 5.41 Å². The molecule has 96 valence electrons. The Kier molecular flexibility index (Phi) is 9.24. The monoisotopic (exact) mass is 229 g/mol. The number of nitrogens with one attached hydrogen (secondary N) is 1. The van der Waals surface area contributed by atoms with Crippen molar-refractivity contribution in [2.24, 2.45) is 11.7 Å². The van der Waals surface area contributed by atoms with Gasteiger partial charge in [-0.15, -0.1) is 0 Å². The Morgan fingerprint density at radius 1 is 1.31 bits per heavy atom. The average molecular weight is 229 g/mol. The summed E-state index contributed by atoms with van der Waals surface area (Å²) in [5, 5.41) is 7.23. The van der Waals surface area contributed by atoms with Crippen LogP contribution in [-0.4, -0.2) is 43.6 Å². The molecule has 0 amide bonds. The van der Waals surface area contributed by atoms with E-state index in [9.17, 15) is 0 Å². The topological polar surface area (TPSA) is 62.3 Å². The molecule has 0 unspecified atom stereocenters. The Morgan fingerprint density at radius 2 is 2.00 bits per heavy atom. The van der Waals surface area contributed by atoms with Crippen LogP contribution in [0, 0.1) is 11.3 Å².